The molecule has 0 aliphatic carbocycles. The second kappa shape index (κ2) is 11.8. The number of hydrogen-bond acceptors (Lipinski definition) is 7. The van der Waals surface area contributed by atoms with E-state index in [1.165, 1.54) is 22.1 Å². The van der Waals surface area contributed by atoms with Crippen LogP contribution in [0.1, 0.15) is 47.5 Å². The third kappa shape index (κ3) is 6.19. The number of carboxylic acids is 1. The number of aliphatic hydroxyl groups excluding tert-OH is 1. The Hall–Kier alpha value is -1.72. The molecule has 7 nitrogen and oxygen atoms in total. The SMILES string of the molecule is CC1(C)O[C@@H]2[C@@H](O)[C@H](SCCCC(=O)O)O[C@H](CO[Si](c3ccccc3)(c3ccccc3)C(C)(C)C)[C@@H]2O1. The van der Waals surface area contributed by atoms with Gasteiger partial charge in [0.25, 0.3) is 8.32 Å². The highest BCUT2D eigenvalue weighted by Crippen LogP contribution is 2.42. The molecule has 2 fully saturated rings. The third-order valence-electron chi connectivity index (χ3n) is 7.15. The minimum Gasteiger partial charge on any atom is -0.481 e. The van der Waals surface area contributed by atoms with Crippen molar-refractivity contribution in [2.75, 3.05) is 12.4 Å². The van der Waals surface area contributed by atoms with Crippen molar-refractivity contribution >= 4 is 36.4 Å². The Morgan fingerprint density at radius 1 is 1.00 bits per heavy atom. The summed E-state index contributed by atoms with van der Waals surface area (Å²) in [5, 5.41) is 22.3. The van der Waals surface area contributed by atoms with E-state index in [1.54, 1.807) is 0 Å². The van der Waals surface area contributed by atoms with E-state index >= 15 is 0 Å². The van der Waals surface area contributed by atoms with Gasteiger partial charge in [0.15, 0.2) is 5.79 Å². The van der Waals surface area contributed by atoms with Crippen LogP contribution in [0.5, 0.6) is 0 Å². The van der Waals surface area contributed by atoms with Gasteiger partial charge in [-0.05, 0) is 41.4 Å². The molecule has 2 aromatic carbocycles. The maximum absolute atomic E-state index is 11.1. The summed E-state index contributed by atoms with van der Waals surface area (Å²) in [6, 6.07) is 20.9. The molecule has 0 amide bonds. The number of aliphatic hydroxyl groups is 1. The van der Waals surface area contributed by atoms with Crippen LogP contribution in [-0.4, -0.2) is 72.5 Å². The number of aliphatic carboxylic acids is 1. The Labute approximate surface area is 231 Å². The van der Waals surface area contributed by atoms with Gasteiger partial charge in [0.1, 0.15) is 29.9 Å². The molecule has 0 bridgehead atoms. The number of thioether (sulfide) groups is 1. The molecule has 0 radical (unpaired) electrons. The van der Waals surface area contributed by atoms with Crippen molar-refractivity contribution in [3.8, 4) is 0 Å². The predicted molar refractivity (Wildman–Crippen MR) is 151 cm³/mol. The molecule has 2 saturated heterocycles. The van der Waals surface area contributed by atoms with Crippen molar-refractivity contribution in [3.05, 3.63) is 60.7 Å². The summed E-state index contributed by atoms with van der Waals surface area (Å²) < 4.78 is 26.0. The summed E-state index contributed by atoms with van der Waals surface area (Å²) >= 11 is 1.42. The van der Waals surface area contributed by atoms with Crippen LogP contribution in [0.3, 0.4) is 0 Å². The van der Waals surface area contributed by atoms with Crippen LogP contribution in [0.25, 0.3) is 0 Å². The van der Waals surface area contributed by atoms with E-state index in [0.29, 0.717) is 12.2 Å². The molecule has 4 rings (SSSR count). The van der Waals surface area contributed by atoms with Gasteiger partial charge < -0.3 is 28.8 Å². The summed E-state index contributed by atoms with van der Waals surface area (Å²) in [5.41, 5.74) is -0.574. The fraction of sp³-hybridized carbons (Fsp3) is 0.552. The Bertz CT molecular complexity index is 1020. The van der Waals surface area contributed by atoms with Crippen LogP contribution in [0.2, 0.25) is 5.04 Å². The first-order chi connectivity index (χ1) is 17.9. The number of hydrogen-bond donors (Lipinski definition) is 2. The Balaban J connectivity index is 1.64. The van der Waals surface area contributed by atoms with Gasteiger partial charge >= 0.3 is 5.97 Å². The van der Waals surface area contributed by atoms with Crippen LogP contribution in [0.4, 0.5) is 0 Å². The zero-order chi connectivity index (χ0) is 27.6. The second-order valence-electron chi connectivity index (χ2n) is 11.4. The summed E-state index contributed by atoms with van der Waals surface area (Å²) in [5.74, 6) is -1.14. The number of ether oxygens (including phenoxy) is 3. The van der Waals surface area contributed by atoms with E-state index in [0.717, 1.165) is 0 Å². The molecular weight excluding hydrogens is 520 g/mol. The van der Waals surface area contributed by atoms with Crippen LogP contribution < -0.4 is 10.4 Å². The van der Waals surface area contributed by atoms with E-state index in [9.17, 15) is 9.90 Å². The van der Waals surface area contributed by atoms with Gasteiger partial charge in [0.2, 0.25) is 0 Å². The van der Waals surface area contributed by atoms with Crippen molar-refractivity contribution < 1.29 is 33.6 Å². The first-order valence-corrected chi connectivity index (χ1v) is 16.2. The molecule has 0 aromatic heterocycles. The zero-order valence-electron chi connectivity index (χ0n) is 22.8. The lowest BCUT2D eigenvalue weighted by molar-refractivity contribution is -0.166. The van der Waals surface area contributed by atoms with E-state index in [4.69, 9.17) is 23.7 Å². The molecule has 0 spiro atoms. The van der Waals surface area contributed by atoms with E-state index in [1.807, 2.05) is 26.0 Å². The highest BCUT2D eigenvalue weighted by molar-refractivity contribution is 7.99. The lowest BCUT2D eigenvalue weighted by atomic mass is 10.0. The molecule has 2 aromatic rings. The first kappa shape index (κ1) is 29.3. The van der Waals surface area contributed by atoms with Crippen molar-refractivity contribution in [1.82, 2.24) is 0 Å². The lowest BCUT2D eigenvalue weighted by Crippen LogP contribution is -2.68. The van der Waals surface area contributed by atoms with Gasteiger partial charge in [0.05, 0.1) is 6.61 Å². The summed E-state index contributed by atoms with van der Waals surface area (Å²) in [7, 11) is -2.81. The number of benzene rings is 2. The van der Waals surface area contributed by atoms with Crippen LogP contribution >= 0.6 is 11.8 Å². The maximum Gasteiger partial charge on any atom is 0.303 e. The normalized spacial score (nSPS) is 27.2. The fourth-order valence-electron chi connectivity index (χ4n) is 5.52. The molecule has 0 saturated carbocycles. The van der Waals surface area contributed by atoms with Crippen molar-refractivity contribution in [2.45, 2.75) is 88.1 Å². The molecule has 2 N–H and O–H groups in total. The quantitative estimate of drug-likeness (QED) is 0.335. The van der Waals surface area contributed by atoms with Crippen molar-refractivity contribution in [3.63, 3.8) is 0 Å². The molecular formula is C29H40O7SSi. The van der Waals surface area contributed by atoms with Gasteiger partial charge in [-0.3, -0.25) is 4.79 Å². The third-order valence-corrected chi connectivity index (χ3v) is 13.4. The molecule has 208 valence electrons. The van der Waals surface area contributed by atoms with E-state index in [-0.39, 0.29) is 18.1 Å². The minimum absolute atomic E-state index is 0.0783. The summed E-state index contributed by atoms with van der Waals surface area (Å²) in [6.07, 6.45) is -1.86. The fourth-order valence-corrected chi connectivity index (χ4v) is 11.2. The van der Waals surface area contributed by atoms with Gasteiger partial charge in [-0.2, -0.15) is 0 Å². The highest BCUT2D eigenvalue weighted by atomic mass is 32.2. The van der Waals surface area contributed by atoms with Gasteiger partial charge in [-0.1, -0.05) is 81.4 Å². The van der Waals surface area contributed by atoms with Crippen molar-refractivity contribution in [1.29, 1.82) is 0 Å². The monoisotopic (exact) mass is 560 g/mol. The Morgan fingerprint density at radius 3 is 2.08 bits per heavy atom. The highest BCUT2D eigenvalue weighted by Gasteiger charge is 2.56. The molecule has 38 heavy (non-hydrogen) atoms. The second-order valence-corrected chi connectivity index (χ2v) is 17.0. The van der Waals surface area contributed by atoms with E-state index in [2.05, 4.69) is 69.3 Å². The average molecular weight is 561 g/mol. The molecule has 2 aliphatic heterocycles. The van der Waals surface area contributed by atoms with Crippen LogP contribution in [0.15, 0.2) is 60.7 Å². The number of fused-ring (bicyclic) bond motifs is 1. The van der Waals surface area contributed by atoms with Gasteiger partial charge in [-0.15, -0.1) is 11.8 Å². The van der Waals surface area contributed by atoms with Crippen LogP contribution in [0, 0.1) is 0 Å². The van der Waals surface area contributed by atoms with Gasteiger partial charge in [-0.25, -0.2) is 0 Å². The number of rotatable bonds is 10. The minimum atomic E-state index is -2.81. The molecule has 2 aliphatic rings. The maximum atomic E-state index is 11.1. The van der Waals surface area contributed by atoms with E-state index < -0.39 is 49.9 Å². The Kier molecular flexibility index (Phi) is 9.08. The lowest BCUT2D eigenvalue weighted by Gasteiger charge is -2.45. The number of carboxylic acid groups (broad SMARTS) is 1. The zero-order valence-corrected chi connectivity index (χ0v) is 24.6. The van der Waals surface area contributed by atoms with Gasteiger partial charge in [0, 0.05) is 6.42 Å². The average Bonchev–Trinajstić information content (AvgIpc) is 3.20. The first-order valence-electron chi connectivity index (χ1n) is 13.2. The molecule has 2 heterocycles. The molecule has 5 atom stereocenters. The summed E-state index contributed by atoms with van der Waals surface area (Å²) in [4.78, 5) is 10.9. The summed E-state index contributed by atoms with van der Waals surface area (Å²) in [6.45, 7) is 10.6. The largest absolute Gasteiger partial charge is 0.481 e. The van der Waals surface area contributed by atoms with Crippen molar-refractivity contribution in [2.24, 2.45) is 0 Å². The molecule has 0 unspecified atom stereocenters. The molecule has 9 heteroatoms. The predicted octanol–water partition coefficient (Wildman–Crippen LogP) is 3.77. The topological polar surface area (TPSA) is 94.5 Å². The smallest absolute Gasteiger partial charge is 0.303 e. The number of carbonyl (C=O) groups is 1. The standard InChI is InChI=1S/C29H40O7SSi/c1-28(2,3)38(20-13-8-6-9-14-20,21-15-10-7-11-16-21)33-19-22-25-26(36-29(4,5)35-25)24(32)27(34-22)37-18-12-17-23(30)31/h6-11,13-16,22,24-27,32H,12,17-19H2,1-5H3,(H,30,31)/t22-,24-,25+,26-,27+/m1/s1. The Morgan fingerprint density at radius 2 is 1.55 bits per heavy atom. The van der Waals surface area contributed by atoms with Crippen LogP contribution in [-0.2, 0) is 23.4 Å².